The first kappa shape index (κ1) is 16.5. The zero-order chi connectivity index (χ0) is 18.3. The molecule has 0 unspecified atom stereocenters. The molecule has 3 heterocycles. The molecule has 0 bridgehead atoms. The lowest BCUT2D eigenvalue weighted by Crippen LogP contribution is -2.04. The fourth-order valence-corrected chi connectivity index (χ4v) is 2.52. The summed E-state index contributed by atoms with van der Waals surface area (Å²) >= 11 is 6.02. The highest BCUT2D eigenvalue weighted by atomic mass is 35.5. The van der Waals surface area contributed by atoms with E-state index in [0.29, 0.717) is 5.76 Å². The van der Waals surface area contributed by atoms with E-state index in [1.54, 1.807) is 12.1 Å². The largest absolute Gasteiger partial charge is 0.459 e. The molecule has 0 amide bonds. The minimum atomic E-state index is -4.49. The van der Waals surface area contributed by atoms with Crippen LogP contribution in [0.1, 0.15) is 5.56 Å². The number of hydrogen-bond acceptors (Lipinski definition) is 5. The maximum absolute atomic E-state index is 12.9. The SMILES string of the molecule is FC(F)(F)c1ccc(Cl)c(-c2ccc(-c3nnc(-c4ccco4)o3)o2)c1. The van der Waals surface area contributed by atoms with Gasteiger partial charge in [0, 0.05) is 5.56 Å². The number of rotatable bonds is 3. The number of furan rings is 2. The zero-order valence-electron chi connectivity index (χ0n) is 12.7. The number of aromatic nitrogens is 2. The van der Waals surface area contributed by atoms with Gasteiger partial charge in [0.05, 0.1) is 16.8 Å². The molecule has 0 aliphatic rings. The highest BCUT2D eigenvalue weighted by molar-refractivity contribution is 6.33. The molecular weight excluding hydrogens is 373 g/mol. The first-order chi connectivity index (χ1) is 12.4. The van der Waals surface area contributed by atoms with Crippen LogP contribution in [0.2, 0.25) is 5.02 Å². The van der Waals surface area contributed by atoms with E-state index in [1.807, 2.05) is 0 Å². The summed E-state index contributed by atoms with van der Waals surface area (Å²) in [5, 5.41) is 7.81. The summed E-state index contributed by atoms with van der Waals surface area (Å²) in [5.74, 6) is 0.940. The monoisotopic (exact) mass is 380 g/mol. The average Bonchev–Trinajstić information content (AvgIpc) is 3.34. The number of halogens is 4. The summed E-state index contributed by atoms with van der Waals surface area (Å²) < 4.78 is 54.9. The molecule has 0 aliphatic heterocycles. The molecule has 0 spiro atoms. The van der Waals surface area contributed by atoms with Gasteiger partial charge in [-0.15, -0.1) is 10.2 Å². The van der Waals surface area contributed by atoms with Gasteiger partial charge in [-0.25, -0.2) is 0 Å². The molecule has 5 nitrogen and oxygen atoms in total. The third-order valence-electron chi connectivity index (χ3n) is 3.53. The molecule has 0 N–H and O–H groups in total. The third kappa shape index (κ3) is 2.99. The summed E-state index contributed by atoms with van der Waals surface area (Å²) in [4.78, 5) is 0. The molecule has 0 fully saturated rings. The van der Waals surface area contributed by atoms with Gasteiger partial charge in [-0.3, -0.25) is 0 Å². The average molecular weight is 381 g/mol. The van der Waals surface area contributed by atoms with Gasteiger partial charge in [0.15, 0.2) is 11.5 Å². The molecule has 0 aliphatic carbocycles. The van der Waals surface area contributed by atoms with Gasteiger partial charge in [-0.2, -0.15) is 13.2 Å². The van der Waals surface area contributed by atoms with Crippen LogP contribution in [-0.2, 0) is 6.18 Å². The minimum absolute atomic E-state index is 0.0609. The van der Waals surface area contributed by atoms with Crippen LogP contribution in [0.15, 0.2) is 62.0 Å². The topological polar surface area (TPSA) is 65.2 Å². The van der Waals surface area contributed by atoms with Gasteiger partial charge in [0.2, 0.25) is 0 Å². The van der Waals surface area contributed by atoms with E-state index >= 15 is 0 Å². The van der Waals surface area contributed by atoms with Crippen molar-refractivity contribution < 1.29 is 26.4 Å². The molecule has 132 valence electrons. The van der Waals surface area contributed by atoms with E-state index in [4.69, 9.17) is 24.9 Å². The summed E-state index contributed by atoms with van der Waals surface area (Å²) in [6.45, 7) is 0. The van der Waals surface area contributed by atoms with Crippen LogP contribution in [0, 0.1) is 0 Å². The van der Waals surface area contributed by atoms with E-state index in [2.05, 4.69) is 10.2 Å². The molecule has 3 aromatic heterocycles. The first-order valence-corrected chi connectivity index (χ1v) is 7.64. The standard InChI is InChI=1S/C17H8ClF3N2O3/c18-11-4-3-9(17(19,20)21)8-10(11)12-5-6-14(25-12)16-23-22-15(26-16)13-2-1-7-24-13/h1-8H. The van der Waals surface area contributed by atoms with Crippen LogP contribution in [0.25, 0.3) is 34.6 Å². The Kier molecular flexibility index (Phi) is 3.84. The predicted octanol–water partition coefficient (Wildman–Crippen LogP) is 5.93. The number of nitrogens with zero attached hydrogens (tertiary/aromatic N) is 2. The van der Waals surface area contributed by atoms with Crippen LogP contribution in [-0.4, -0.2) is 10.2 Å². The lowest BCUT2D eigenvalue weighted by molar-refractivity contribution is -0.137. The Labute approximate surface area is 149 Å². The van der Waals surface area contributed by atoms with Crippen molar-refractivity contribution in [3.63, 3.8) is 0 Å². The predicted molar refractivity (Wildman–Crippen MR) is 85.1 cm³/mol. The Morgan fingerprint density at radius 3 is 2.27 bits per heavy atom. The Balaban J connectivity index is 1.69. The fourth-order valence-electron chi connectivity index (χ4n) is 2.31. The zero-order valence-corrected chi connectivity index (χ0v) is 13.5. The Morgan fingerprint density at radius 1 is 0.846 bits per heavy atom. The van der Waals surface area contributed by atoms with Crippen molar-refractivity contribution in [2.24, 2.45) is 0 Å². The van der Waals surface area contributed by atoms with E-state index in [-0.39, 0.29) is 33.9 Å². The van der Waals surface area contributed by atoms with E-state index < -0.39 is 11.7 Å². The van der Waals surface area contributed by atoms with Crippen LogP contribution < -0.4 is 0 Å². The van der Waals surface area contributed by atoms with Gasteiger partial charge in [-0.1, -0.05) is 11.6 Å². The molecule has 26 heavy (non-hydrogen) atoms. The summed E-state index contributed by atoms with van der Waals surface area (Å²) in [5.41, 5.74) is -0.716. The van der Waals surface area contributed by atoms with Crippen LogP contribution in [0.3, 0.4) is 0 Å². The second-order valence-corrected chi connectivity index (χ2v) is 5.65. The van der Waals surface area contributed by atoms with Crippen molar-refractivity contribution in [3.05, 3.63) is 59.3 Å². The van der Waals surface area contributed by atoms with Crippen molar-refractivity contribution in [1.82, 2.24) is 10.2 Å². The molecule has 0 radical (unpaired) electrons. The maximum atomic E-state index is 12.9. The van der Waals surface area contributed by atoms with Gasteiger partial charge >= 0.3 is 6.18 Å². The second kappa shape index (κ2) is 6.06. The van der Waals surface area contributed by atoms with E-state index in [1.165, 1.54) is 24.5 Å². The Bertz CT molecular complexity index is 1050. The molecule has 4 aromatic rings. The summed E-state index contributed by atoms with van der Waals surface area (Å²) in [6.07, 6.45) is -3.03. The van der Waals surface area contributed by atoms with Gasteiger partial charge < -0.3 is 13.3 Å². The summed E-state index contributed by atoms with van der Waals surface area (Å²) in [7, 11) is 0. The Morgan fingerprint density at radius 2 is 1.58 bits per heavy atom. The van der Waals surface area contributed by atoms with Crippen LogP contribution in [0.5, 0.6) is 0 Å². The highest BCUT2D eigenvalue weighted by Gasteiger charge is 2.31. The minimum Gasteiger partial charge on any atom is -0.459 e. The summed E-state index contributed by atoms with van der Waals surface area (Å²) in [6, 6.07) is 9.30. The van der Waals surface area contributed by atoms with Crippen LogP contribution in [0.4, 0.5) is 13.2 Å². The van der Waals surface area contributed by atoms with Crippen molar-refractivity contribution in [3.8, 4) is 34.6 Å². The molecule has 0 atom stereocenters. The second-order valence-electron chi connectivity index (χ2n) is 5.25. The number of alkyl halides is 3. The smallest absolute Gasteiger partial charge is 0.416 e. The fraction of sp³-hybridized carbons (Fsp3) is 0.0588. The lowest BCUT2D eigenvalue weighted by Gasteiger charge is -2.09. The number of hydrogen-bond donors (Lipinski definition) is 0. The van der Waals surface area contributed by atoms with E-state index in [0.717, 1.165) is 12.1 Å². The van der Waals surface area contributed by atoms with Crippen molar-refractivity contribution in [1.29, 1.82) is 0 Å². The quantitative estimate of drug-likeness (QED) is 0.441. The van der Waals surface area contributed by atoms with Crippen molar-refractivity contribution >= 4 is 11.6 Å². The maximum Gasteiger partial charge on any atom is 0.416 e. The third-order valence-corrected chi connectivity index (χ3v) is 3.86. The molecule has 0 saturated heterocycles. The van der Waals surface area contributed by atoms with Gasteiger partial charge in [0.25, 0.3) is 11.8 Å². The van der Waals surface area contributed by atoms with Crippen molar-refractivity contribution in [2.45, 2.75) is 6.18 Å². The molecule has 4 rings (SSSR count). The van der Waals surface area contributed by atoms with E-state index in [9.17, 15) is 13.2 Å². The normalized spacial score (nSPS) is 11.8. The molecular formula is C17H8ClF3N2O3. The lowest BCUT2D eigenvalue weighted by atomic mass is 10.1. The Hall–Kier alpha value is -3.00. The van der Waals surface area contributed by atoms with Gasteiger partial charge in [-0.05, 0) is 42.5 Å². The van der Waals surface area contributed by atoms with Gasteiger partial charge in [0.1, 0.15) is 5.76 Å². The van der Waals surface area contributed by atoms with Crippen molar-refractivity contribution in [2.75, 3.05) is 0 Å². The highest BCUT2D eigenvalue weighted by Crippen LogP contribution is 2.37. The molecule has 0 saturated carbocycles. The van der Waals surface area contributed by atoms with Crippen LogP contribution >= 0.6 is 11.6 Å². The molecule has 9 heteroatoms. The first-order valence-electron chi connectivity index (χ1n) is 7.26. The number of benzene rings is 1. The molecule has 1 aromatic carbocycles.